The summed E-state index contributed by atoms with van der Waals surface area (Å²) in [5.74, 6) is -0.160. The molecule has 2 atom stereocenters. The highest BCUT2D eigenvalue weighted by molar-refractivity contribution is 9.10. The molecule has 1 aromatic carbocycles. The molecule has 0 saturated carbocycles. The number of halogens is 1. The second-order valence-electron chi connectivity index (χ2n) is 5.53. The van der Waals surface area contributed by atoms with E-state index in [1.165, 1.54) is 11.8 Å². The van der Waals surface area contributed by atoms with Gasteiger partial charge in [-0.05, 0) is 49.4 Å². The number of benzene rings is 1. The van der Waals surface area contributed by atoms with E-state index in [0.29, 0.717) is 4.91 Å². The van der Waals surface area contributed by atoms with Crippen LogP contribution in [0.3, 0.4) is 0 Å². The van der Waals surface area contributed by atoms with Gasteiger partial charge in [-0.1, -0.05) is 28.1 Å². The van der Waals surface area contributed by atoms with Crippen LogP contribution in [0.25, 0.3) is 6.08 Å². The van der Waals surface area contributed by atoms with Crippen LogP contribution >= 0.6 is 27.7 Å². The Balaban J connectivity index is 1.76. The number of amidine groups is 1. The zero-order chi connectivity index (χ0) is 15.7. The second-order valence-corrected chi connectivity index (χ2v) is 7.45. The molecule has 2 aliphatic rings. The van der Waals surface area contributed by atoms with Gasteiger partial charge in [0, 0.05) is 17.6 Å². The molecule has 2 aliphatic heterocycles. The number of hydrogen-bond donors (Lipinski definition) is 0. The molecule has 1 fully saturated rings. The van der Waals surface area contributed by atoms with Gasteiger partial charge >= 0.3 is 0 Å². The monoisotopic (exact) mass is 380 g/mol. The van der Waals surface area contributed by atoms with E-state index in [9.17, 15) is 4.79 Å². The molecule has 3 rings (SSSR count). The van der Waals surface area contributed by atoms with Crippen LogP contribution in [0.1, 0.15) is 19.4 Å². The summed E-state index contributed by atoms with van der Waals surface area (Å²) in [6, 6.07) is 7.87. The number of rotatable bonds is 1. The van der Waals surface area contributed by atoms with Gasteiger partial charge in [0.2, 0.25) is 0 Å². The van der Waals surface area contributed by atoms with Crippen LogP contribution in [0.2, 0.25) is 0 Å². The number of carbonyl (C=O) groups excluding carboxylic acids is 1. The summed E-state index contributed by atoms with van der Waals surface area (Å²) >= 11 is 4.89. The number of amides is 1. The predicted molar refractivity (Wildman–Crippen MR) is 93.7 cm³/mol. The minimum absolute atomic E-state index is 0.153. The maximum Gasteiger partial charge on any atom is 0.286 e. The quantitative estimate of drug-likeness (QED) is 0.698. The maximum absolute atomic E-state index is 12.1. The normalized spacial score (nSPS) is 27.4. The second kappa shape index (κ2) is 6.56. The van der Waals surface area contributed by atoms with Gasteiger partial charge < -0.3 is 9.64 Å². The SMILES string of the molecule is CC1CN(C2=NC(=O)/C(=C\c3cccc(Br)c3)S2)CC(C)O1. The first-order valence-corrected chi connectivity index (χ1v) is 8.81. The summed E-state index contributed by atoms with van der Waals surface area (Å²) in [6.07, 6.45) is 2.20. The molecule has 0 aliphatic carbocycles. The average molecular weight is 381 g/mol. The first kappa shape index (κ1) is 15.8. The Kier molecular flexibility index (Phi) is 4.70. The third-order valence-corrected chi connectivity index (χ3v) is 4.98. The minimum Gasteiger partial charge on any atom is -0.372 e. The van der Waals surface area contributed by atoms with Gasteiger partial charge in [-0.2, -0.15) is 4.99 Å². The first-order valence-electron chi connectivity index (χ1n) is 7.20. The molecule has 116 valence electrons. The topological polar surface area (TPSA) is 41.9 Å². The molecular weight excluding hydrogens is 364 g/mol. The molecule has 2 unspecified atom stereocenters. The van der Waals surface area contributed by atoms with E-state index in [1.807, 2.05) is 44.2 Å². The van der Waals surface area contributed by atoms with Gasteiger partial charge in [0.1, 0.15) is 0 Å². The van der Waals surface area contributed by atoms with Crippen LogP contribution in [0.5, 0.6) is 0 Å². The molecule has 6 heteroatoms. The smallest absolute Gasteiger partial charge is 0.286 e. The number of morpholine rings is 1. The summed E-state index contributed by atoms with van der Waals surface area (Å²) in [5.41, 5.74) is 0.991. The van der Waals surface area contributed by atoms with Crippen molar-refractivity contribution in [3.05, 3.63) is 39.2 Å². The van der Waals surface area contributed by atoms with Gasteiger partial charge in [0.05, 0.1) is 17.1 Å². The maximum atomic E-state index is 12.1. The van der Waals surface area contributed by atoms with Crippen molar-refractivity contribution in [1.82, 2.24) is 4.90 Å². The predicted octanol–water partition coefficient (Wildman–Crippen LogP) is 3.53. The lowest BCUT2D eigenvalue weighted by molar-refractivity contribution is -0.113. The van der Waals surface area contributed by atoms with Crippen molar-refractivity contribution in [1.29, 1.82) is 0 Å². The lowest BCUT2D eigenvalue weighted by atomic mass is 10.2. The third kappa shape index (κ3) is 3.62. The van der Waals surface area contributed by atoms with Crippen molar-refractivity contribution in [3.8, 4) is 0 Å². The minimum atomic E-state index is -0.160. The molecule has 0 bridgehead atoms. The van der Waals surface area contributed by atoms with Crippen molar-refractivity contribution < 1.29 is 9.53 Å². The van der Waals surface area contributed by atoms with E-state index in [-0.39, 0.29) is 18.1 Å². The Morgan fingerprint density at radius 3 is 2.77 bits per heavy atom. The van der Waals surface area contributed by atoms with E-state index < -0.39 is 0 Å². The first-order chi connectivity index (χ1) is 10.5. The van der Waals surface area contributed by atoms with Crippen molar-refractivity contribution in [2.24, 2.45) is 4.99 Å². The standard InChI is InChI=1S/C16H17BrN2O2S/c1-10-8-19(9-11(2)21-10)16-18-15(20)14(22-16)7-12-4-3-5-13(17)6-12/h3-7,10-11H,8-9H2,1-2H3/b14-7+. The molecule has 0 N–H and O–H groups in total. The number of aliphatic imine (C=N–C) groups is 1. The fourth-order valence-corrected chi connectivity index (χ4v) is 3.96. The van der Waals surface area contributed by atoms with Crippen molar-refractivity contribution in [3.63, 3.8) is 0 Å². The van der Waals surface area contributed by atoms with Gasteiger partial charge in [0.25, 0.3) is 5.91 Å². The molecule has 2 heterocycles. The summed E-state index contributed by atoms with van der Waals surface area (Å²) in [4.78, 5) is 19.2. The molecule has 4 nitrogen and oxygen atoms in total. The number of ether oxygens (including phenoxy) is 1. The van der Waals surface area contributed by atoms with Crippen molar-refractivity contribution >= 4 is 44.8 Å². The molecule has 0 aromatic heterocycles. The molecular formula is C16H17BrN2O2S. The molecule has 1 aromatic rings. The molecule has 1 amide bonds. The van der Waals surface area contributed by atoms with E-state index in [0.717, 1.165) is 28.3 Å². The Morgan fingerprint density at radius 1 is 1.36 bits per heavy atom. The Morgan fingerprint density at radius 2 is 2.09 bits per heavy atom. The Labute approximate surface area is 142 Å². The zero-order valence-electron chi connectivity index (χ0n) is 12.5. The van der Waals surface area contributed by atoms with Crippen LogP contribution in [0.15, 0.2) is 38.6 Å². The fraction of sp³-hybridized carbons (Fsp3) is 0.375. The molecule has 0 radical (unpaired) electrons. The average Bonchev–Trinajstić information content (AvgIpc) is 2.79. The van der Waals surface area contributed by atoms with Crippen molar-refractivity contribution in [2.75, 3.05) is 13.1 Å². The summed E-state index contributed by atoms with van der Waals surface area (Å²) < 4.78 is 6.72. The van der Waals surface area contributed by atoms with Gasteiger partial charge in [-0.3, -0.25) is 4.79 Å². The van der Waals surface area contributed by atoms with Gasteiger partial charge in [-0.25, -0.2) is 0 Å². The Hall–Kier alpha value is -1.11. The molecule has 0 spiro atoms. The van der Waals surface area contributed by atoms with E-state index >= 15 is 0 Å². The highest BCUT2D eigenvalue weighted by Gasteiger charge is 2.30. The Bertz CT molecular complexity index is 649. The number of thioether (sulfide) groups is 1. The number of hydrogen-bond acceptors (Lipinski definition) is 4. The molecule has 1 saturated heterocycles. The third-order valence-electron chi connectivity index (χ3n) is 3.45. The lowest BCUT2D eigenvalue weighted by Gasteiger charge is -2.35. The highest BCUT2D eigenvalue weighted by atomic mass is 79.9. The highest BCUT2D eigenvalue weighted by Crippen LogP contribution is 2.31. The van der Waals surface area contributed by atoms with Crippen LogP contribution in [-0.4, -0.2) is 41.3 Å². The summed E-state index contributed by atoms with van der Waals surface area (Å²) in [6.45, 7) is 5.63. The summed E-state index contributed by atoms with van der Waals surface area (Å²) in [5, 5.41) is 0.785. The van der Waals surface area contributed by atoms with Crippen molar-refractivity contribution in [2.45, 2.75) is 26.1 Å². The van der Waals surface area contributed by atoms with Crippen LogP contribution in [-0.2, 0) is 9.53 Å². The summed E-state index contributed by atoms with van der Waals surface area (Å²) in [7, 11) is 0. The number of carbonyl (C=O) groups is 1. The fourth-order valence-electron chi connectivity index (χ4n) is 2.62. The van der Waals surface area contributed by atoms with Gasteiger partial charge in [-0.15, -0.1) is 0 Å². The van der Waals surface area contributed by atoms with E-state index in [2.05, 4.69) is 25.8 Å². The lowest BCUT2D eigenvalue weighted by Crippen LogP contribution is -2.47. The number of nitrogens with zero attached hydrogens (tertiary/aromatic N) is 2. The zero-order valence-corrected chi connectivity index (χ0v) is 14.9. The molecule has 22 heavy (non-hydrogen) atoms. The van der Waals surface area contributed by atoms with Crippen LogP contribution < -0.4 is 0 Å². The van der Waals surface area contributed by atoms with E-state index in [4.69, 9.17) is 4.74 Å². The largest absolute Gasteiger partial charge is 0.372 e. The van der Waals surface area contributed by atoms with Crippen LogP contribution in [0, 0.1) is 0 Å². The van der Waals surface area contributed by atoms with E-state index in [1.54, 1.807) is 0 Å². The van der Waals surface area contributed by atoms with Gasteiger partial charge in [0.15, 0.2) is 5.17 Å². The van der Waals surface area contributed by atoms with Crippen LogP contribution in [0.4, 0.5) is 0 Å².